The summed E-state index contributed by atoms with van der Waals surface area (Å²) in [7, 11) is 1.25. The molecule has 1 aliphatic carbocycles. The van der Waals surface area contributed by atoms with Gasteiger partial charge in [0, 0.05) is 38.4 Å². The van der Waals surface area contributed by atoms with E-state index < -0.39 is 47.1 Å². The van der Waals surface area contributed by atoms with Gasteiger partial charge in [-0.2, -0.15) is 0 Å². The number of alkyl carbamates (subject to hydrolysis) is 1. The summed E-state index contributed by atoms with van der Waals surface area (Å²) >= 11 is 0. The number of carbonyl (C=O) groups is 3. The number of aliphatic hydroxyl groups excluding tert-OH is 2. The molecule has 1 fully saturated rings. The highest BCUT2D eigenvalue weighted by Crippen LogP contribution is 2.46. The van der Waals surface area contributed by atoms with E-state index in [-0.39, 0.29) is 38.4 Å². The number of rotatable bonds is 12. The van der Waals surface area contributed by atoms with E-state index in [4.69, 9.17) is 4.74 Å². The van der Waals surface area contributed by atoms with Crippen LogP contribution in [0.3, 0.4) is 0 Å². The molecule has 1 aromatic heterocycles. The first-order valence-electron chi connectivity index (χ1n) is 18.1. The van der Waals surface area contributed by atoms with Crippen LogP contribution in [0.25, 0.3) is 11.1 Å². The smallest absolute Gasteiger partial charge is 0.407 e. The number of methoxy groups -OCH3 is 1. The average Bonchev–Trinajstić information content (AvgIpc) is 3.60. The highest BCUT2D eigenvalue weighted by Gasteiger charge is 2.56. The van der Waals surface area contributed by atoms with Crippen molar-refractivity contribution in [3.63, 3.8) is 0 Å². The fraction of sp³-hybridized carbons (Fsp3) is 0.381. The Kier molecular flexibility index (Phi) is 11.3. The fourth-order valence-corrected chi connectivity index (χ4v) is 7.71. The Morgan fingerprint density at radius 1 is 0.943 bits per heavy atom. The number of β-amino-alcohol motifs (C(OH)–C–C–N with tert-alkyl or cyclic N) is 1. The van der Waals surface area contributed by atoms with E-state index >= 15 is 0 Å². The fourth-order valence-electron chi connectivity index (χ4n) is 7.71. The summed E-state index contributed by atoms with van der Waals surface area (Å²) in [6.45, 7) is 6.09. The van der Waals surface area contributed by atoms with Crippen molar-refractivity contribution in [1.29, 1.82) is 0 Å². The van der Waals surface area contributed by atoms with Crippen molar-refractivity contribution in [2.24, 2.45) is 10.8 Å². The summed E-state index contributed by atoms with van der Waals surface area (Å²) in [4.78, 5) is 46.9. The molecule has 6 rings (SSSR count). The number of hydrogen-bond donors (Lipinski definition) is 4. The molecule has 2 unspecified atom stereocenters. The second-order valence-corrected chi connectivity index (χ2v) is 15.2. The quantitative estimate of drug-likeness (QED) is 0.153. The van der Waals surface area contributed by atoms with Crippen LogP contribution in [-0.4, -0.2) is 81.5 Å². The van der Waals surface area contributed by atoms with Gasteiger partial charge >= 0.3 is 6.09 Å². The molecule has 0 spiro atoms. The van der Waals surface area contributed by atoms with E-state index in [9.17, 15) is 24.6 Å². The predicted molar refractivity (Wildman–Crippen MR) is 201 cm³/mol. The number of hydrazine groups is 1. The van der Waals surface area contributed by atoms with Gasteiger partial charge in [-0.15, -0.1) is 0 Å². The number of aliphatic hydroxyl groups is 2. The van der Waals surface area contributed by atoms with E-state index in [1.165, 1.54) is 7.11 Å². The van der Waals surface area contributed by atoms with Gasteiger partial charge in [-0.25, -0.2) is 9.80 Å². The van der Waals surface area contributed by atoms with Crippen LogP contribution in [-0.2, 0) is 33.7 Å². The molecular formula is C42H49N5O6. The monoisotopic (exact) mass is 719 g/mol. The predicted octanol–water partition coefficient (Wildman–Crippen LogP) is 4.83. The molecule has 0 bridgehead atoms. The maximum atomic E-state index is 14.8. The molecule has 1 aliphatic heterocycles. The highest BCUT2D eigenvalue weighted by atomic mass is 16.5. The number of carbonyl (C=O) groups excluding carboxylic acids is 3. The van der Waals surface area contributed by atoms with Gasteiger partial charge in [0.15, 0.2) is 0 Å². The third-order valence-electron chi connectivity index (χ3n) is 10.6. The molecule has 4 aromatic rings. The summed E-state index contributed by atoms with van der Waals surface area (Å²) in [5.41, 5.74) is 6.84. The zero-order valence-electron chi connectivity index (χ0n) is 30.7. The van der Waals surface area contributed by atoms with Crippen LogP contribution in [0.2, 0.25) is 0 Å². The lowest BCUT2D eigenvalue weighted by molar-refractivity contribution is -0.142. The molecule has 0 saturated carbocycles. The van der Waals surface area contributed by atoms with Crippen molar-refractivity contribution in [2.45, 2.75) is 70.9 Å². The van der Waals surface area contributed by atoms with Gasteiger partial charge in [0.25, 0.3) is 5.91 Å². The molecule has 1 saturated heterocycles. The molecule has 5 atom stereocenters. The zero-order valence-corrected chi connectivity index (χ0v) is 30.7. The minimum atomic E-state index is -1.25. The maximum absolute atomic E-state index is 14.8. The number of aromatic nitrogens is 1. The van der Waals surface area contributed by atoms with Gasteiger partial charge in [0.2, 0.25) is 5.91 Å². The molecule has 3 amide bonds. The number of nitrogens with zero attached hydrogens (tertiary/aromatic N) is 3. The number of pyridine rings is 1. The number of hydrogen-bond acceptors (Lipinski definition) is 8. The molecule has 4 N–H and O–H groups in total. The van der Waals surface area contributed by atoms with Gasteiger partial charge < -0.3 is 25.2 Å². The molecule has 2 aliphatic rings. The highest BCUT2D eigenvalue weighted by molar-refractivity contribution is 5.87. The van der Waals surface area contributed by atoms with Crippen LogP contribution in [0.15, 0.2) is 103 Å². The molecule has 0 radical (unpaired) electrons. The van der Waals surface area contributed by atoms with E-state index in [0.29, 0.717) is 6.42 Å². The molecule has 11 nitrogen and oxygen atoms in total. The Bertz CT molecular complexity index is 1880. The second kappa shape index (κ2) is 15.9. The van der Waals surface area contributed by atoms with E-state index in [0.717, 1.165) is 33.4 Å². The first-order valence-corrected chi connectivity index (χ1v) is 18.1. The molecular weight excluding hydrogens is 670 g/mol. The Hall–Kier alpha value is -5.10. The summed E-state index contributed by atoms with van der Waals surface area (Å²) in [6.07, 6.45) is 1.82. The van der Waals surface area contributed by atoms with E-state index in [1.807, 2.05) is 112 Å². The van der Waals surface area contributed by atoms with Gasteiger partial charge in [-0.3, -0.25) is 20.0 Å². The Morgan fingerprint density at radius 3 is 2.28 bits per heavy atom. The van der Waals surface area contributed by atoms with Crippen molar-refractivity contribution < 1.29 is 29.3 Å². The Morgan fingerprint density at radius 2 is 1.60 bits per heavy atom. The van der Waals surface area contributed by atoms with Gasteiger partial charge in [0.05, 0.1) is 30.8 Å². The molecule has 11 heteroatoms. The van der Waals surface area contributed by atoms with Crippen LogP contribution < -0.4 is 10.7 Å². The summed E-state index contributed by atoms with van der Waals surface area (Å²) in [5.74, 6) is -0.679. The van der Waals surface area contributed by atoms with Gasteiger partial charge in [-0.05, 0) is 63.8 Å². The van der Waals surface area contributed by atoms with Crippen molar-refractivity contribution in [3.8, 4) is 11.1 Å². The lowest BCUT2D eigenvalue weighted by Crippen LogP contribution is -2.57. The lowest BCUT2D eigenvalue weighted by Gasteiger charge is -2.36. The molecule has 3 aromatic carbocycles. The summed E-state index contributed by atoms with van der Waals surface area (Å²) < 4.78 is 4.83. The van der Waals surface area contributed by atoms with Crippen LogP contribution >= 0.6 is 0 Å². The van der Waals surface area contributed by atoms with Crippen LogP contribution in [0.5, 0.6) is 0 Å². The topological polar surface area (TPSA) is 144 Å². The van der Waals surface area contributed by atoms with Crippen molar-refractivity contribution in [2.75, 3.05) is 20.2 Å². The Balaban J connectivity index is 1.31. The largest absolute Gasteiger partial charge is 0.453 e. The summed E-state index contributed by atoms with van der Waals surface area (Å²) in [6, 6.07) is 27.7. The number of benzene rings is 3. The van der Waals surface area contributed by atoms with Crippen LogP contribution in [0.1, 0.15) is 55.5 Å². The standard InChI is InChI=1S/C42H49N5O6/c1-41(2,3)37(44-40(52)53-4)38(50)45-46(26-29-14-16-30(17-15-29)31-18-21-43-22-19-31)23-20-42(25-28-10-6-5-7-11-28)35(49)27-47(39(42)51)36-33-13-9-8-12-32(33)24-34(36)48/h5-19,21-22,34-37,48-49H,20,23-27H2,1-4H3,(H,44,52)(H,45,50)/t34-,35?,36+,37-,42?/m1/s1. The van der Waals surface area contributed by atoms with Crippen molar-refractivity contribution in [1.82, 2.24) is 25.6 Å². The number of fused-ring (bicyclic) bond motifs is 1. The lowest BCUT2D eigenvalue weighted by atomic mass is 9.75. The van der Waals surface area contributed by atoms with E-state index in [2.05, 4.69) is 15.7 Å². The minimum Gasteiger partial charge on any atom is -0.453 e. The minimum absolute atomic E-state index is 0.0691. The second-order valence-electron chi connectivity index (χ2n) is 15.2. The third-order valence-corrected chi connectivity index (χ3v) is 10.6. The van der Waals surface area contributed by atoms with Crippen molar-refractivity contribution in [3.05, 3.63) is 126 Å². The Labute approximate surface area is 311 Å². The SMILES string of the molecule is COC(=O)N[C@H](C(=O)NN(CCC1(Cc2ccccc2)C(=O)N([C@H]2c3ccccc3C[C@H]2O)CC1O)Cc1ccc(-c2ccncc2)cc1)C(C)(C)C. The zero-order chi connectivity index (χ0) is 37.8. The summed E-state index contributed by atoms with van der Waals surface area (Å²) in [5, 5.41) is 27.6. The van der Waals surface area contributed by atoms with Crippen molar-refractivity contribution >= 4 is 17.9 Å². The van der Waals surface area contributed by atoms with Crippen LogP contribution in [0, 0.1) is 10.8 Å². The first kappa shape index (κ1) is 37.7. The number of amides is 3. The molecule has 53 heavy (non-hydrogen) atoms. The normalized spacial score (nSPS) is 21.7. The molecule has 2 heterocycles. The first-order chi connectivity index (χ1) is 25.4. The number of ether oxygens (including phenoxy) is 1. The average molecular weight is 720 g/mol. The van der Waals surface area contributed by atoms with E-state index in [1.54, 1.807) is 22.3 Å². The number of likely N-dealkylation sites (tertiary alicyclic amines) is 1. The van der Waals surface area contributed by atoms with Crippen LogP contribution in [0.4, 0.5) is 4.79 Å². The van der Waals surface area contributed by atoms with Gasteiger partial charge in [0.1, 0.15) is 6.04 Å². The van der Waals surface area contributed by atoms with Gasteiger partial charge in [-0.1, -0.05) is 99.6 Å². The third kappa shape index (κ3) is 8.27. The maximum Gasteiger partial charge on any atom is 0.407 e. The number of nitrogens with one attached hydrogen (secondary N) is 2. The molecule has 278 valence electrons.